The lowest BCUT2D eigenvalue weighted by atomic mass is 10.2. The molecule has 9 nitrogen and oxygen atoms in total. The molecule has 2 amide bonds. The number of hydrogen-bond donors (Lipinski definition) is 0. The minimum atomic E-state index is -0.794. The van der Waals surface area contributed by atoms with Gasteiger partial charge in [-0.2, -0.15) is 10.0 Å². The molecule has 1 saturated heterocycles. The number of thiocarbonyl (C=S) groups is 1. The number of hydrogen-bond acceptors (Lipinski definition) is 8. The summed E-state index contributed by atoms with van der Waals surface area (Å²) < 4.78 is 10.1. The number of hydrazine groups is 1. The molecule has 1 aromatic carbocycles. The quantitative estimate of drug-likeness (QED) is 0.441. The third-order valence-corrected chi connectivity index (χ3v) is 4.64. The second kappa shape index (κ2) is 8.12. The fraction of sp³-hybridized carbons (Fsp3) is 0.357. The Bertz CT molecular complexity index is 696. The van der Waals surface area contributed by atoms with Crippen LogP contribution in [0.15, 0.2) is 24.3 Å². The number of amides is 2. The van der Waals surface area contributed by atoms with Crippen LogP contribution in [0, 0.1) is 10.1 Å². The summed E-state index contributed by atoms with van der Waals surface area (Å²) in [7, 11) is 0. The SMILES string of the molecule is CCOC(=O)N1C(=S)SC(c2ccc([N+](=O)[O-])cc2)N1C(=O)OCC. The van der Waals surface area contributed by atoms with Gasteiger partial charge >= 0.3 is 12.2 Å². The van der Waals surface area contributed by atoms with Gasteiger partial charge in [-0.1, -0.05) is 24.0 Å². The van der Waals surface area contributed by atoms with Crippen LogP contribution in [0.25, 0.3) is 0 Å². The molecule has 1 unspecified atom stereocenters. The summed E-state index contributed by atoms with van der Waals surface area (Å²) >= 11 is 6.26. The summed E-state index contributed by atoms with van der Waals surface area (Å²) in [5.74, 6) is 0. The molecular formula is C14H15N3O6S2. The van der Waals surface area contributed by atoms with Crippen LogP contribution >= 0.6 is 24.0 Å². The van der Waals surface area contributed by atoms with Crippen molar-refractivity contribution in [3.8, 4) is 0 Å². The van der Waals surface area contributed by atoms with Crippen molar-refractivity contribution in [3.63, 3.8) is 0 Å². The third-order valence-electron chi connectivity index (χ3n) is 3.11. The molecule has 0 spiro atoms. The Labute approximate surface area is 153 Å². The standard InChI is InChI=1S/C14H15N3O6S2/c1-3-22-12(18)15-11(9-5-7-10(8-6-9)17(20)21)25-14(24)16(15)13(19)23-4-2/h5-8,11H,3-4H2,1-2H3. The molecule has 0 aromatic heterocycles. The molecule has 2 rings (SSSR count). The molecule has 25 heavy (non-hydrogen) atoms. The highest BCUT2D eigenvalue weighted by Crippen LogP contribution is 2.43. The fourth-order valence-corrected chi connectivity index (χ4v) is 3.53. The van der Waals surface area contributed by atoms with Gasteiger partial charge in [-0.05, 0) is 31.5 Å². The smallest absolute Gasteiger partial charge is 0.435 e. The van der Waals surface area contributed by atoms with Crippen molar-refractivity contribution in [2.75, 3.05) is 13.2 Å². The van der Waals surface area contributed by atoms with Gasteiger partial charge in [0.2, 0.25) is 0 Å². The monoisotopic (exact) mass is 385 g/mol. The van der Waals surface area contributed by atoms with Crippen molar-refractivity contribution in [3.05, 3.63) is 39.9 Å². The molecular weight excluding hydrogens is 370 g/mol. The van der Waals surface area contributed by atoms with Gasteiger partial charge in [-0.25, -0.2) is 9.59 Å². The zero-order valence-corrected chi connectivity index (χ0v) is 15.0. The Morgan fingerprint density at radius 1 is 1.20 bits per heavy atom. The van der Waals surface area contributed by atoms with E-state index in [2.05, 4.69) is 0 Å². The second-order valence-corrected chi connectivity index (χ2v) is 6.35. The molecule has 1 aromatic rings. The number of nitro groups is 1. The maximum atomic E-state index is 12.3. The minimum absolute atomic E-state index is 0.0840. The van der Waals surface area contributed by atoms with Gasteiger partial charge in [0, 0.05) is 12.1 Å². The molecule has 11 heteroatoms. The van der Waals surface area contributed by atoms with Gasteiger partial charge in [0.25, 0.3) is 5.69 Å². The Kier molecular flexibility index (Phi) is 6.15. The Morgan fingerprint density at radius 2 is 1.76 bits per heavy atom. The number of benzene rings is 1. The van der Waals surface area contributed by atoms with Crippen LogP contribution in [0.2, 0.25) is 0 Å². The molecule has 1 atom stereocenters. The topological polar surface area (TPSA) is 102 Å². The third kappa shape index (κ3) is 3.99. The van der Waals surface area contributed by atoms with E-state index in [9.17, 15) is 19.7 Å². The molecule has 1 fully saturated rings. The van der Waals surface area contributed by atoms with Crippen molar-refractivity contribution >= 4 is 46.2 Å². The fourth-order valence-electron chi connectivity index (χ4n) is 2.07. The highest BCUT2D eigenvalue weighted by molar-refractivity contribution is 8.23. The van der Waals surface area contributed by atoms with Crippen molar-refractivity contribution in [1.29, 1.82) is 0 Å². The van der Waals surface area contributed by atoms with E-state index in [1.54, 1.807) is 13.8 Å². The summed E-state index contributed by atoms with van der Waals surface area (Å²) in [4.78, 5) is 34.8. The number of carbonyl (C=O) groups excluding carboxylic acids is 2. The number of ether oxygens (including phenoxy) is 2. The van der Waals surface area contributed by atoms with E-state index in [0.717, 1.165) is 21.8 Å². The Balaban J connectivity index is 2.37. The number of rotatable bonds is 4. The lowest BCUT2D eigenvalue weighted by Crippen LogP contribution is -2.47. The van der Waals surface area contributed by atoms with E-state index in [4.69, 9.17) is 21.7 Å². The first-order chi connectivity index (χ1) is 11.9. The predicted molar refractivity (Wildman–Crippen MR) is 93.7 cm³/mol. The molecule has 134 valence electrons. The van der Waals surface area contributed by atoms with Crippen LogP contribution in [-0.4, -0.2) is 44.7 Å². The molecule has 1 aliphatic heterocycles. The lowest BCUT2D eigenvalue weighted by Gasteiger charge is -2.28. The number of non-ortho nitro benzene ring substituents is 1. The van der Waals surface area contributed by atoms with Crippen molar-refractivity contribution in [2.24, 2.45) is 0 Å². The molecule has 1 aliphatic rings. The maximum absolute atomic E-state index is 12.3. The van der Waals surface area contributed by atoms with Crippen LogP contribution < -0.4 is 0 Å². The first kappa shape index (κ1) is 18.9. The second-order valence-electron chi connectivity index (χ2n) is 4.64. The highest BCUT2D eigenvalue weighted by Gasteiger charge is 2.45. The summed E-state index contributed by atoms with van der Waals surface area (Å²) in [5, 5.41) is 12.1. The van der Waals surface area contributed by atoms with Gasteiger partial charge in [0.15, 0.2) is 4.32 Å². The zero-order chi connectivity index (χ0) is 18.6. The molecule has 0 aliphatic carbocycles. The molecule has 0 saturated carbocycles. The summed E-state index contributed by atoms with van der Waals surface area (Å²) in [6, 6.07) is 5.63. The lowest BCUT2D eigenvalue weighted by molar-refractivity contribution is -0.384. The summed E-state index contributed by atoms with van der Waals surface area (Å²) in [6.45, 7) is 3.49. The largest absolute Gasteiger partial charge is 0.448 e. The number of nitrogens with zero attached hydrogens (tertiary/aromatic N) is 3. The average molecular weight is 385 g/mol. The Morgan fingerprint density at radius 3 is 2.28 bits per heavy atom. The Hall–Kier alpha value is -2.40. The molecule has 0 bridgehead atoms. The van der Waals surface area contributed by atoms with Gasteiger partial charge in [0.1, 0.15) is 5.37 Å². The average Bonchev–Trinajstić information content (AvgIpc) is 2.93. The van der Waals surface area contributed by atoms with Crippen molar-refractivity contribution < 1.29 is 24.0 Å². The predicted octanol–water partition coefficient (Wildman–Crippen LogP) is 3.46. The van der Waals surface area contributed by atoms with Crippen molar-refractivity contribution in [2.45, 2.75) is 19.2 Å². The van der Waals surface area contributed by atoms with Crippen LogP contribution in [0.3, 0.4) is 0 Å². The molecule has 0 radical (unpaired) electrons. The first-order valence-corrected chi connectivity index (χ1v) is 8.57. The first-order valence-electron chi connectivity index (χ1n) is 7.28. The van der Waals surface area contributed by atoms with E-state index in [1.807, 2.05) is 0 Å². The van der Waals surface area contributed by atoms with Crippen LogP contribution in [0.4, 0.5) is 15.3 Å². The van der Waals surface area contributed by atoms with Gasteiger partial charge in [-0.15, -0.1) is 0 Å². The van der Waals surface area contributed by atoms with E-state index in [-0.39, 0.29) is 23.2 Å². The van der Waals surface area contributed by atoms with E-state index >= 15 is 0 Å². The number of carbonyl (C=O) groups is 2. The summed E-state index contributed by atoms with van der Waals surface area (Å²) in [5.41, 5.74) is 0.469. The van der Waals surface area contributed by atoms with Crippen LogP contribution in [-0.2, 0) is 9.47 Å². The normalized spacial score (nSPS) is 16.7. The van der Waals surface area contributed by atoms with E-state index in [1.165, 1.54) is 24.3 Å². The van der Waals surface area contributed by atoms with Gasteiger partial charge in [0.05, 0.1) is 18.1 Å². The van der Waals surface area contributed by atoms with E-state index in [0.29, 0.717) is 5.56 Å². The number of thioether (sulfide) groups is 1. The van der Waals surface area contributed by atoms with Gasteiger partial charge in [-0.3, -0.25) is 10.1 Å². The molecule has 1 heterocycles. The number of nitro benzene ring substituents is 1. The van der Waals surface area contributed by atoms with E-state index < -0.39 is 22.5 Å². The van der Waals surface area contributed by atoms with Crippen LogP contribution in [0.5, 0.6) is 0 Å². The minimum Gasteiger partial charge on any atom is -0.448 e. The zero-order valence-electron chi connectivity index (χ0n) is 13.4. The molecule has 0 N–H and O–H groups in total. The highest BCUT2D eigenvalue weighted by atomic mass is 32.2. The summed E-state index contributed by atoms with van der Waals surface area (Å²) in [6.07, 6.45) is -1.57. The van der Waals surface area contributed by atoms with Gasteiger partial charge < -0.3 is 9.47 Å². The maximum Gasteiger partial charge on any atom is 0.435 e. The van der Waals surface area contributed by atoms with Crippen molar-refractivity contribution in [1.82, 2.24) is 10.0 Å². The van der Waals surface area contributed by atoms with Crippen LogP contribution in [0.1, 0.15) is 24.8 Å².